The molecule has 2 N–H and O–H groups in total. The van der Waals surface area contributed by atoms with Gasteiger partial charge in [0.05, 0.1) is 25.9 Å². The first-order valence-corrected chi connectivity index (χ1v) is 9.48. The van der Waals surface area contributed by atoms with Crippen molar-refractivity contribution in [2.24, 2.45) is 5.73 Å². The second kappa shape index (κ2) is 8.35. The molecule has 1 saturated heterocycles. The van der Waals surface area contributed by atoms with Crippen molar-refractivity contribution >= 4 is 6.09 Å². The molecular weight excluding hydrogens is 335 g/mol. The molecule has 1 aliphatic carbocycles. The predicted molar refractivity (Wildman–Crippen MR) is 97.4 cm³/mol. The Balaban J connectivity index is 1.51. The number of benzene rings is 1. The highest BCUT2D eigenvalue weighted by Crippen LogP contribution is 2.35. The molecule has 3 atom stereocenters. The van der Waals surface area contributed by atoms with Crippen LogP contribution in [0.5, 0.6) is 0 Å². The van der Waals surface area contributed by atoms with E-state index in [1.165, 1.54) is 13.2 Å². The van der Waals surface area contributed by atoms with Gasteiger partial charge in [0.1, 0.15) is 5.82 Å². The van der Waals surface area contributed by atoms with Crippen LogP contribution < -0.4 is 5.73 Å². The molecule has 2 fully saturated rings. The number of methoxy groups -OCH3 is 1. The van der Waals surface area contributed by atoms with Crippen LogP contribution in [0, 0.1) is 5.82 Å². The van der Waals surface area contributed by atoms with Gasteiger partial charge in [0.25, 0.3) is 0 Å². The van der Waals surface area contributed by atoms with Crippen LogP contribution in [-0.4, -0.2) is 48.9 Å². The molecule has 2 aliphatic rings. The van der Waals surface area contributed by atoms with Gasteiger partial charge in [-0.25, -0.2) is 9.18 Å². The molecule has 1 heterocycles. The van der Waals surface area contributed by atoms with Gasteiger partial charge in [-0.2, -0.15) is 0 Å². The molecule has 0 radical (unpaired) electrons. The van der Waals surface area contributed by atoms with E-state index in [4.69, 9.17) is 15.2 Å². The number of hydrogen-bond acceptors (Lipinski definition) is 4. The first-order valence-electron chi connectivity index (χ1n) is 9.48. The highest BCUT2D eigenvalue weighted by molar-refractivity contribution is 5.69. The second-order valence-electron chi connectivity index (χ2n) is 7.56. The largest absolute Gasteiger partial charge is 0.453 e. The maximum atomic E-state index is 13.4. The number of nitrogens with two attached hydrogens (primary N) is 1. The Hall–Kier alpha value is -1.66. The van der Waals surface area contributed by atoms with Crippen LogP contribution in [0.2, 0.25) is 0 Å². The fraction of sp³-hybridized carbons (Fsp3) is 0.650. The topological polar surface area (TPSA) is 64.8 Å². The third-order valence-corrected chi connectivity index (χ3v) is 5.82. The fourth-order valence-corrected chi connectivity index (χ4v) is 4.38. The number of carbonyl (C=O) groups is 1. The zero-order valence-corrected chi connectivity index (χ0v) is 15.6. The highest BCUT2D eigenvalue weighted by atomic mass is 19.1. The highest BCUT2D eigenvalue weighted by Gasteiger charge is 2.41. The van der Waals surface area contributed by atoms with Gasteiger partial charge < -0.3 is 15.2 Å². The number of halogens is 1. The lowest BCUT2D eigenvalue weighted by Gasteiger charge is -2.32. The minimum Gasteiger partial charge on any atom is -0.453 e. The number of carbonyl (C=O) groups excluding carboxylic acids is 1. The smallest absolute Gasteiger partial charge is 0.410 e. The molecule has 0 spiro atoms. The number of amides is 1. The summed E-state index contributed by atoms with van der Waals surface area (Å²) >= 11 is 0. The van der Waals surface area contributed by atoms with E-state index >= 15 is 0 Å². The van der Waals surface area contributed by atoms with E-state index < -0.39 is 0 Å². The average Bonchev–Trinajstić information content (AvgIpc) is 2.93. The van der Waals surface area contributed by atoms with Crippen molar-refractivity contribution in [3.63, 3.8) is 0 Å². The van der Waals surface area contributed by atoms with Crippen LogP contribution in [0.15, 0.2) is 24.3 Å². The molecule has 1 aromatic carbocycles. The second-order valence-corrected chi connectivity index (χ2v) is 7.56. The lowest BCUT2D eigenvalue weighted by molar-refractivity contribution is -0.00790. The van der Waals surface area contributed by atoms with Gasteiger partial charge in [-0.3, -0.25) is 4.90 Å². The Kier molecular flexibility index (Phi) is 6.14. The molecule has 144 valence electrons. The van der Waals surface area contributed by atoms with Crippen LogP contribution in [-0.2, 0) is 9.47 Å². The van der Waals surface area contributed by atoms with E-state index in [2.05, 4.69) is 0 Å². The standard InChI is InChI=1S/C20H29FN2O3/c1-13-10-18(22)19(23(13)20(24)25-2)12-26-17-8-6-14(7-9-17)15-4-3-5-16(21)11-15/h3-5,11,13-14,17-19H,6-10,12,22H2,1-2H3/t13?,14?,17?,18-,19-/m0/s1. The number of ether oxygens (including phenoxy) is 2. The number of rotatable bonds is 4. The molecular formula is C20H29FN2O3. The van der Waals surface area contributed by atoms with Crippen LogP contribution in [0.25, 0.3) is 0 Å². The number of nitrogens with zero attached hydrogens (tertiary/aromatic N) is 1. The van der Waals surface area contributed by atoms with Gasteiger partial charge in [0.2, 0.25) is 0 Å². The summed E-state index contributed by atoms with van der Waals surface area (Å²) in [6.07, 6.45) is 4.45. The van der Waals surface area contributed by atoms with Crippen molar-refractivity contribution in [3.8, 4) is 0 Å². The summed E-state index contributed by atoms with van der Waals surface area (Å²) in [6, 6.07) is 6.73. The van der Waals surface area contributed by atoms with E-state index in [-0.39, 0.29) is 36.1 Å². The molecule has 1 amide bonds. The Labute approximate surface area is 154 Å². The summed E-state index contributed by atoms with van der Waals surface area (Å²) in [5, 5.41) is 0. The first-order chi connectivity index (χ1) is 12.5. The molecule has 3 rings (SSSR count). The summed E-state index contributed by atoms with van der Waals surface area (Å²) in [5.74, 6) is 0.221. The Bertz CT molecular complexity index is 619. The Morgan fingerprint density at radius 3 is 2.69 bits per heavy atom. The first kappa shape index (κ1) is 19.1. The lowest BCUT2D eigenvalue weighted by Crippen LogP contribution is -2.47. The van der Waals surface area contributed by atoms with Gasteiger partial charge in [-0.1, -0.05) is 12.1 Å². The molecule has 1 aromatic rings. The van der Waals surface area contributed by atoms with Crippen LogP contribution in [0.3, 0.4) is 0 Å². The molecule has 1 aliphatic heterocycles. The molecule has 1 saturated carbocycles. The maximum Gasteiger partial charge on any atom is 0.410 e. The van der Waals surface area contributed by atoms with Crippen LogP contribution in [0.4, 0.5) is 9.18 Å². The molecule has 26 heavy (non-hydrogen) atoms. The Morgan fingerprint density at radius 2 is 2.04 bits per heavy atom. The van der Waals surface area contributed by atoms with Gasteiger partial charge in [0.15, 0.2) is 0 Å². The third kappa shape index (κ3) is 4.18. The fourth-order valence-electron chi connectivity index (χ4n) is 4.38. The summed E-state index contributed by atoms with van der Waals surface area (Å²) in [4.78, 5) is 13.7. The van der Waals surface area contributed by atoms with Crippen LogP contribution >= 0.6 is 0 Å². The third-order valence-electron chi connectivity index (χ3n) is 5.82. The summed E-state index contributed by atoms with van der Waals surface area (Å²) in [5.41, 5.74) is 7.29. The predicted octanol–water partition coefficient (Wildman–Crippen LogP) is 3.43. The van der Waals surface area contributed by atoms with E-state index in [1.807, 2.05) is 13.0 Å². The zero-order valence-electron chi connectivity index (χ0n) is 15.6. The van der Waals surface area contributed by atoms with E-state index in [0.29, 0.717) is 12.5 Å². The minimum atomic E-state index is -0.339. The lowest BCUT2D eigenvalue weighted by atomic mass is 9.82. The van der Waals surface area contributed by atoms with Gasteiger partial charge >= 0.3 is 6.09 Å². The zero-order chi connectivity index (χ0) is 18.7. The van der Waals surface area contributed by atoms with Crippen molar-refractivity contribution in [2.45, 2.75) is 69.2 Å². The van der Waals surface area contributed by atoms with E-state index in [9.17, 15) is 9.18 Å². The van der Waals surface area contributed by atoms with E-state index in [1.54, 1.807) is 17.0 Å². The monoisotopic (exact) mass is 364 g/mol. The van der Waals surface area contributed by atoms with Gasteiger partial charge in [-0.15, -0.1) is 0 Å². The van der Waals surface area contributed by atoms with Crippen molar-refractivity contribution in [1.82, 2.24) is 4.90 Å². The van der Waals surface area contributed by atoms with Crippen molar-refractivity contribution in [3.05, 3.63) is 35.6 Å². The summed E-state index contributed by atoms with van der Waals surface area (Å²) in [6.45, 7) is 2.43. The number of likely N-dealkylation sites (tertiary alicyclic amines) is 1. The van der Waals surface area contributed by atoms with E-state index in [0.717, 1.165) is 37.7 Å². The summed E-state index contributed by atoms with van der Waals surface area (Å²) < 4.78 is 24.4. The van der Waals surface area contributed by atoms with Crippen LogP contribution in [0.1, 0.15) is 50.5 Å². The average molecular weight is 364 g/mol. The van der Waals surface area contributed by atoms with Crippen molar-refractivity contribution in [2.75, 3.05) is 13.7 Å². The normalized spacial score (nSPS) is 31.8. The molecule has 1 unspecified atom stereocenters. The molecule has 0 aromatic heterocycles. The maximum absolute atomic E-state index is 13.4. The van der Waals surface area contributed by atoms with Gasteiger partial charge in [0, 0.05) is 12.1 Å². The van der Waals surface area contributed by atoms with Crippen molar-refractivity contribution in [1.29, 1.82) is 0 Å². The van der Waals surface area contributed by atoms with Gasteiger partial charge in [-0.05, 0) is 62.6 Å². The molecule has 6 heteroatoms. The van der Waals surface area contributed by atoms with Crippen molar-refractivity contribution < 1.29 is 18.7 Å². The molecule has 5 nitrogen and oxygen atoms in total. The minimum absolute atomic E-state index is 0.0646. The SMILES string of the molecule is COC(=O)N1C(C)C[C@H](N)[C@@H]1COC1CCC(c2cccc(F)c2)CC1. The molecule has 0 bridgehead atoms. The summed E-state index contributed by atoms with van der Waals surface area (Å²) in [7, 11) is 1.39. The quantitative estimate of drug-likeness (QED) is 0.889. The number of hydrogen-bond donors (Lipinski definition) is 1. The Morgan fingerprint density at radius 1 is 1.31 bits per heavy atom.